The van der Waals surface area contributed by atoms with Crippen molar-refractivity contribution in [2.24, 2.45) is 0 Å². The maximum Gasteiger partial charge on any atom is 0.569 e. The van der Waals surface area contributed by atoms with E-state index in [2.05, 4.69) is 98.8 Å². The van der Waals surface area contributed by atoms with Gasteiger partial charge in [-0.25, -0.2) is 0 Å². The Morgan fingerprint density at radius 3 is 1.81 bits per heavy atom. The zero-order valence-electron chi connectivity index (χ0n) is 17.7. The van der Waals surface area contributed by atoms with Crippen LogP contribution in [-0.2, 0) is 5.41 Å². The molecular weight excluding hydrogens is 379 g/mol. The molecule has 1 N–H and O–H groups in total. The molecule has 0 atom stereocenters. The maximum atomic E-state index is 9.04. The van der Waals surface area contributed by atoms with Crippen LogP contribution in [0.5, 0.6) is 5.75 Å². The first-order chi connectivity index (χ1) is 15.1. The molecule has 0 bridgehead atoms. The number of hydrogen-bond donors (Lipinski definition) is 1. The molecule has 1 aliphatic rings. The highest BCUT2D eigenvalue weighted by molar-refractivity contribution is 6.17. The van der Waals surface area contributed by atoms with Crippen molar-refractivity contribution in [3.05, 3.63) is 125 Å². The molecule has 3 heteroatoms. The lowest BCUT2D eigenvalue weighted by molar-refractivity contribution is 0.453. The smallest absolute Gasteiger partial charge is 0.537 e. The van der Waals surface area contributed by atoms with Crippen LogP contribution < -0.4 is 4.65 Å². The predicted octanol–water partition coefficient (Wildman–Crippen LogP) is 6.08. The van der Waals surface area contributed by atoms with E-state index in [9.17, 15) is 0 Å². The lowest BCUT2D eigenvalue weighted by Gasteiger charge is -2.24. The molecule has 4 aromatic rings. The lowest BCUT2D eigenvalue weighted by atomic mass is 9.79. The average molecular weight is 403 g/mol. The molecule has 0 fully saturated rings. The van der Waals surface area contributed by atoms with Gasteiger partial charge in [0.15, 0.2) is 0 Å². The van der Waals surface area contributed by atoms with Crippen LogP contribution in [0.2, 0.25) is 0 Å². The SMILES string of the molecule is CC1(C)c2cc(O[B]O)ccc2-c2ccc(C(c3ccccc3)c3ccccc3)cc21. The van der Waals surface area contributed by atoms with Crippen molar-refractivity contribution in [3.8, 4) is 16.9 Å². The zero-order chi connectivity index (χ0) is 21.4. The summed E-state index contributed by atoms with van der Waals surface area (Å²) in [6.07, 6.45) is 0. The molecule has 5 rings (SSSR count). The number of benzene rings is 4. The van der Waals surface area contributed by atoms with Crippen molar-refractivity contribution in [1.29, 1.82) is 0 Å². The molecule has 2 nitrogen and oxygen atoms in total. The van der Waals surface area contributed by atoms with Crippen molar-refractivity contribution in [1.82, 2.24) is 0 Å². The van der Waals surface area contributed by atoms with E-state index in [-0.39, 0.29) is 11.3 Å². The average Bonchev–Trinajstić information content (AvgIpc) is 3.02. The fraction of sp³-hybridized carbons (Fsp3) is 0.143. The Morgan fingerprint density at radius 1 is 0.677 bits per heavy atom. The van der Waals surface area contributed by atoms with Gasteiger partial charge < -0.3 is 9.68 Å². The van der Waals surface area contributed by atoms with Crippen LogP contribution in [-0.4, -0.2) is 12.7 Å². The molecule has 0 saturated heterocycles. The Bertz CT molecular complexity index is 1180. The monoisotopic (exact) mass is 403 g/mol. The van der Waals surface area contributed by atoms with Crippen molar-refractivity contribution in [2.45, 2.75) is 25.2 Å². The first-order valence-electron chi connectivity index (χ1n) is 10.6. The minimum Gasteiger partial charge on any atom is -0.537 e. The van der Waals surface area contributed by atoms with E-state index >= 15 is 0 Å². The Labute approximate surface area is 184 Å². The third-order valence-corrected chi connectivity index (χ3v) is 6.46. The summed E-state index contributed by atoms with van der Waals surface area (Å²) in [7, 11) is 0.735. The summed E-state index contributed by atoms with van der Waals surface area (Å²) in [4.78, 5) is 0. The quantitative estimate of drug-likeness (QED) is 0.323. The summed E-state index contributed by atoms with van der Waals surface area (Å²) in [5.41, 5.74) is 8.74. The fourth-order valence-corrected chi connectivity index (χ4v) is 4.92. The minimum atomic E-state index is -0.159. The van der Waals surface area contributed by atoms with E-state index in [4.69, 9.17) is 9.68 Å². The maximum absolute atomic E-state index is 9.04. The molecule has 0 aliphatic heterocycles. The molecule has 151 valence electrons. The largest absolute Gasteiger partial charge is 0.569 e. The second-order valence-corrected chi connectivity index (χ2v) is 8.62. The molecule has 4 aromatic carbocycles. The summed E-state index contributed by atoms with van der Waals surface area (Å²) in [6.45, 7) is 4.52. The molecule has 1 radical (unpaired) electrons. The van der Waals surface area contributed by atoms with Gasteiger partial charge in [0.25, 0.3) is 0 Å². The molecule has 31 heavy (non-hydrogen) atoms. The van der Waals surface area contributed by atoms with E-state index in [1.807, 2.05) is 12.1 Å². The van der Waals surface area contributed by atoms with Gasteiger partial charge in [0, 0.05) is 11.3 Å². The van der Waals surface area contributed by atoms with E-state index in [0.29, 0.717) is 5.75 Å². The minimum absolute atomic E-state index is 0.159. The van der Waals surface area contributed by atoms with Crippen molar-refractivity contribution in [2.75, 3.05) is 0 Å². The van der Waals surface area contributed by atoms with E-state index < -0.39 is 0 Å². The topological polar surface area (TPSA) is 29.5 Å². The van der Waals surface area contributed by atoms with Gasteiger partial charge in [-0.15, -0.1) is 0 Å². The summed E-state index contributed by atoms with van der Waals surface area (Å²) < 4.78 is 5.23. The third-order valence-electron chi connectivity index (χ3n) is 6.46. The van der Waals surface area contributed by atoms with E-state index in [0.717, 1.165) is 7.69 Å². The highest BCUT2D eigenvalue weighted by Gasteiger charge is 2.36. The molecule has 0 spiro atoms. The van der Waals surface area contributed by atoms with E-state index in [1.165, 1.54) is 38.9 Å². The number of fused-ring (bicyclic) bond motifs is 3. The highest BCUT2D eigenvalue weighted by Crippen LogP contribution is 2.50. The Morgan fingerprint density at radius 2 is 1.23 bits per heavy atom. The zero-order valence-corrected chi connectivity index (χ0v) is 17.7. The Kier molecular flexibility index (Phi) is 4.92. The molecule has 0 aromatic heterocycles. The first kappa shape index (κ1) is 19.7. The van der Waals surface area contributed by atoms with Gasteiger partial charge in [-0.3, -0.25) is 0 Å². The van der Waals surface area contributed by atoms with Gasteiger partial charge in [0.2, 0.25) is 0 Å². The molecule has 0 saturated carbocycles. The summed E-state index contributed by atoms with van der Waals surface area (Å²) in [5.74, 6) is 0.823. The van der Waals surface area contributed by atoms with Crippen LogP contribution in [0.15, 0.2) is 97.1 Å². The van der Waals surface area contributed by atoms with Gasteiger partial charge in [0.05, 0.1) is 0 Å². The highest BCUT2D eigenvalue weighted by atomic mass is 16.5. The van der Waals surface area contributed by atoms with Gasteiger partial charge in [-0.05, 0) is 51.1 Å². The van der Waals surface area contributed by atoms with Crippen LogP contribution in [0.4, 0.5) is 0 Å². The van der Waals surface area contributed by atoms with Crippen LogP contribution >= 0.6 is 0 Å². The van der Waals surface area contributed by atoms with Gasteiger partial charge in [-0.1, -0.05) is 98.8 Å². The lowest BCUT2D eigenvalue weighted by Crippen LogP contribution is -2.16. The fourth-order valence-electron chi connectivity index (χ4n) is 4.92. The van der Waals surface area contributed by atoms with Gasteiger partial charge in [0.1, 0.15) is 5.75 Å². The van der Waals surface area contributed by atoms with Crippen molar-refractivity contribution < 1.29 is 9.68 Å². The van der Waals surface area contributed by atoms with Crippen molar-refractivity contribution in [3.63, 3.8) is 0 Å². The molecule has 0 amide bonds. The number of rotatable bonds is 5. The first-order valence-corrected chi connectivity index (χ1v) is 10.6. The predicted molar refractivity (Wildman–Crippen MR) is 126 cm³/mol. The Hall–Kier alpha value is -3.30. The van der Waals surface area contributed by atoms with Crippen LogP contribution in [0.25, 0.3) is 11.1 Å². The van der Waals surface area contributed by atoms with Gasteiger partial charge in [-0.2, -0.15) is 0 Å². The van der Waals surface area contributed by atoms with E-state index in [1.54, 1.807) is 0 Å². The van der Waals surface area contributed by atoms with Crippen molar-refractivity contribution >= 4 is 7.69 Å². The Balaban J connectivity index is 1.65. The third kappa shape index (κ3) is 3.35. The summed E-state index contributed by atoms with van der Waals surface area (Å²) in [5, 5.41) is 9.04. The normalized spacial score (nSPS) is 13.5. The summed E-state index contributed by atoms with van der Waals surface area (Å²) in [6, 6.07) is 34.3. The van der Waals surface area contributed by atoms with Crippen LogP contribution in [0.1, 0.15) is 47.6 Å². The molecule has 1 aliphatic carbocycles. The second kappa shape index (κ2) is 7.75. The number of hydrogen-bond acceptors (Lipinski definition) is 2. The van der Waals surface area contributed by atoms with Gasteiger partial charge >= 0.3 is 7.69 Å². The standard InChI is InChI=1S/C28H24BO2/c1-28(2)25-17-21(13-15-23(25)24-16-14-22(31-29-30)18-26(24)28)27(19-9-5-3-6-10-19)20-11-7-4-8-12-20/h3-18,27,30H,1-2H3. The van der Waals surface area contributed by atoms with Crippen LogP contribution in [0, 0.1) is 0 Å². The second-order valence-electron chi connectivity index (χ2n) is 8.62. The molecule has 0 heterocycles. The van der Waals surface area contributed by atoms with Crippen LogP contribution in [0.3, 0.4) is 0 Å². The summed E-state index contributed by atoms with van der Waals surface area (Å²) >= 11 is 0. The molecular formula is C28H24BO2. The molecule has 0 unspecified atom stereocenters.